The summed E-state index contributed by atoms with van der Waals surface area (Å²) in [6, 6.07) is 11.3. The molecule has 0 saturated carbocycles. The van der Waals surface area contributed by atoms with E-state index in [-0.39, 0.29) is 17.3 Å². The Morgan fingerprint density at radius 3 is 2.48 bits per heavy atom. The maximum absolute atomic E-state index is 12.3. The van der Waals surface area contributed by atoms with Gasteiger partial charge in [0.05, 0.1) is 0 Å². The van der Waals surface area contributed by atoms with Crippen LogP contribution >= 0.6 is 11.8 Å². The van der Waals surface area contributed by atoms with Crippen LogP contribution < -0.4 is 0 Å². The van der Waals surface area contributed by atoms with E-state index in [4.69, 9.17) is 4.74 Å². The van der Waals surface area contributed by atoms with Gasteiger partial charge in [-0.15, -0.1) is 11.8 Å². The Morgan fingerprint density at radius 1 is 1.24 bits per heavy atom. The van der Waals surface area contributed by atoms with Crippen molar-refractivity contribution in [3.8, 4) is 0 Å². The molecule has 0 radical (unpaired) electrons. The van der Waals surface area contributed by atoms with Crippen LogP contribution in [0.5, 0.6) is 0 Å². The van der Waals surface area contributed by atoms with Crippen LogP contribution in [0.15, 0.2) is 35.2 Å². The van der Waals surface area contributed by atoms with Crippen LogP contribution in [0.4, 0.5) is 0 Å². The summed E-state index contributed by atoms with van der Waals surface area (Å²) in [5.41, 5.74) is 0. The summed E-state index contributed by atoms with van der Waals surface area (Å²) in [7, 11) is 2.20. The summed E-state index contributed by atoms with van der Waals surface area (Å²) in [6.07, 6.45) is 4.63. The van der Waals surface area contributed by atoms with E-state index in [1.54, 1.807) is 11.8 Å². The Bertz CT molecular complexity index is 479. The molecule has 0 N–H and O–H groups in total. The van der Waals surface area contributed by atoms with E-state index in [2.05, 4.69) is 11.9 Å². The highest BCUT2D eigenvalue weighted by molar-refractivity contribution is 8.00. The number of carbonyl (C=O) groups excluding carboxylic acids is 1. The van der Waals surface area contributed by atoms with Crippen LogP contribution in [-0.4, -0.2) is 41.4 Å². The van der Waals surface area contributed by atoms with Gasteiger partial charge >= 0.3 is 5.97 Å². The topological polar surface area (TPSA) is 29.5 Å². The standard InChI is InChI=1S/C17H23NO2S/c1-12(21-16-6-4-3-5-7-16)17(19)20-15-10-13-8-9-14(11-15)18(13)2/h3-7,12-15H,8-11H2,1-2H3/t12?,13-,14+,15?. The summed E-state index contributed by atoms with van der Waals surface area (Å²) >= 11 is 1.57. The van der Waals surface area contributed by atoms with E-state index < -0.39 is 0 Å². The number of hydrogen-bond acceptors (Lipinski definition) is 4. The van der Waals surface area contributed by atoms with Gasteiger partial charge in [0.2, 0.25) is 0 Å². The van der Waals surface area contributed by atoms with Gasteiger partial charge in [-0.25, -0.2) is 0 Å². The quantitative estimate of drug-likeness (QED) is 0.630. The second-order valence-electron chi connectivity index (χ2n) is 6.15. The molecule has 1 aromatic rings. The normalized spacial score (nSPS) is 30.1. The Hall–Kier alpha value is -1.00. The number of carbonyl (C=O) groups is 1. The minimum Gasteiger partial charge on any atom is -0.461 e. The van der Waals surface area contributed by atoms with E-state index in [0.717, 1.165) is 17.7 Å². The lowest BCUT2D eigenvalue weighted by atomic mass is 10.0. The van der Waals surface area contributed by atoms with Crippen molar-refractivity contribution in [2.24, 2.45) is 0 Å². The minimum absolute atomic E-state index is 0.0715. The van der Waals surface area contributed by atoms with Gasteiger partial charge in [-0.1, -0.05) is 18.2 Å². The lowest BCUT2D eigenvalue weighted by molar-refractivity contribution is -0.151. The molecule has 0 amide bonds. The number of thioether (sulfide) groups is 1. The molecule has 2 unspecified atom stereocenters. The third-order valence-corrected chi connectivity index (χ3v) is 5.82. The van der Waals surface area contributed by atoms with Crippen LogP contribution in [-0.2, 0) is 9.53 Å². The van der Waals surface area contributed by atoms with Gasteiger partial charge in [-0.05, 0) is 51.8 Å². The van der Waals surface area contributed by atoms with E-state index in [1.165, 1.54) is 12.8 Å². The van der Waals surface area contributed by atoms with Gasteiger partial charge < -0.3 is 9.64 Å². The van der Waals surface area contributed by atoms with Crippen molar-refractivity contribution >= 4 is 17.7 Å². The van der Waals surface area contributed by atoms with Crippen LogP contribution in [0.2, 0.25) is 0 Å². The summed E-state index contributed by atoms with van der Waals surface area (Å²) in [6.45, 7) is 1.93. The van der Waals surface area contributed by atoms with Gasteiger partial charge in [-0.3, -0.25) is 4.79 Å². The van der Waals surface area contributed by atoms with E-state index in [1.807, 2.05) is 37.3 Å². The monoisotopic (exact) mass is 305 g/mol. The summed E-state index contributed by atoms with van der Waals surface area (Å²) in [4.78, 5) is 15.9. The molecule has 0 spiro atoms. The van der Waals surface area contributed by atoms with E-state index >= 15 is 0 Å². The molecular formula is C17H23NO2S. The van der Waals surface area contributed by atoms with Crippen molar-refractivity contribution in [3.05, 3.63) is 30.3 Å². The molecule has 2 saturated heterocycles. The molecule has 0 aliphatic carbocycles. The van der Waals surface area contributed by atoms with Crippen LogP contribution in [0.1, 0.15) is 32.6 Å². The van der Waals surface area contributed by atoms with Gasteiger partial charge in [0, 0.05) is 17.0 Å². The van der Waals surface area contributed by atoms with Crippen molar-refractivity contribution in [3.63, 3.8) is 0 Å². The van der Waals surface area contributed by atoms with Crippen LogP contribution in [0.25, 0.3) is 0 Å². The Kier molecular flexibility index (Phi) is 4.55. The van der Waals surface area contributed by atoms with Crippen LogP contribution in [0, 0.1) is 0 Å². The maximum atomic E-state index is 12.3. The van der Waals surface area contributed by atoms with E-state index in [9.17, 15) is 4.79 Å². The predicted molar refractivity (Wildman–Crippen MR) is 85.4 cm³/mol. The minimum atomic E-state index is -0.148. The molecule has 3 nitrogen and oxygen atoms in total. The SMILES string of the molecule is CC(Sc1ccccc1)C(=O)OC1C[C@H]2CC[C@@H](C1)N2C. The van der Waals surface area contributed by atoms with Gasteiger partial charge in [0.15, 0.2) is 0 Å². The average Bonchev–Trinajstić information content (AvgIpc) is 2.71. The summed E-state index contributed by atoms with van der Waals surface area (Å²) < 4.78 is 5.77. The maximum Gasteiger partial charge on any atom is 0.319 e. The zero-order chi connectivity index (χ0) is 14.8. The molecule has 2 aliphatic heterocycles. The fourth-order valence-electron chi connectivity index (χ4n) is 3.47. The lowest BCUT2D eigenvalue weighted by Gasteiger charge is -2.36. The molecule has 4 heteroatoms. The first-order valence-electron chi connectivity index (χ1n) is 7.77. The molecule has 2 fully saturated rings. The Labute approximate surface area is 131 Å². The molecule has 114 valence electrons. The highest BCUT2D eigenvalue weighted by Crippen LogP contribution is 2.36. The third-order valence-electron chi connectivity index (χ3n) is 4.73. The molecule has 3 rings (SSSR count). The molecule has 21 heavy (non-hydrogen) atoms. The number of esters is 1. The molecular weight excluding hydrogens is 282 g/mol. The van der Waals surface area contributed by atoms with Gasteiger partial charge in [0.1, 0.15) is 11.4 Å². The smallest absolute Gasteiger partial charge is 0.319 e. The predicted octanol–water partition coefficient (Wildman–Crippen LogP) is 3.34. The summed E-state index contributed by atoms with van der Waals surface area (Å²) in [5, 5.41) is -0.148. The van der Waals surface area contributed by atoms with Gasteiger partial charge in [0.25, 0.3) is 0 Å². The molecule has 2 aliphatic rings. The molecule has 1 aromatic carbocycles. The second-order valence-corrected chi connectivity index (χ2v) is 7.57. The van der Waals surface area contributed by atoms with Crippen LogP contribution in [0.3, 0.4) is 0 Å². The molecule has 4 atom stereocenters. The van der Waals surface area contributed by atoms with Crippen molar-refractivity contribution in [2.45, 2.75) is 60.9 Å². The lowest BCUT2D eigenvalue weighted by Crippen LogP contribution is -2.44. The average molecular weight is 305 g/mol. The first kappa shape index (κ1) is 14.9. The van der Waals surface area contributed by atoms with E-state index in [0.29, 0.717) is 12.1 Å². The fraction of sp³-hybridized carbons (Fsp3) is 0.588. The summed E-state index contributed by atoms with van der Waals surface area (Å²) in [5.74, 6) is -0.0715. The van der Waals surface area contributed by atoms with Crippen molar-refractivity contribution < 1.29 is 9.53 Å². The highest BCUT2D eigenvalue weighted by Gasteiger charge is 2.40. The number of hydrogen-bond donors (Lipinski definition) is 0. The highest BCUT2D eigenvalue weighted by atomic mass is 32.2. The fourth-order valence-corrected chi connectivity index (χ4v) is 4.34. The molecule has 2 bridgehead atoms. The largest absolute Gasteiger partial charge is 0.461 e. The second kappa shape index (κ2) is 6.41. The number of benzene rings is 1. The number of fused-ring (bicyclic) bond motifs is 2. The zero-order valence-electron chi connectivity index (χ0n) is 12.7. The van der Waals surface area contributed by atoms with Crippen molar-refractivity contribution in [1.82, 2.24) is 4.90 Å². The Morgan fingerprint density at radius 2 is 1.86 bits per heavy atom. The van der Waals surface area contributed by atoms with Gasteiger partial charge in [-0.2, -0.15) is 0 Å². The molecule has 0 aromatic heterocycles. The number of rotatable bonds is 4. The number of ether oxygens (including phenoxy) is 1. The number of nitrogens with zero attached hydrogens (tertiary/aromatic N) is 1. The third kappa shape index (κ3) is 3.43. The number of piperidine rings is 1. The molecule has 2 heterocycles. The first-order chi connectivity index (χ1) is 10.1. The zero-order valence-corrected chi connectivity index (χ0v) is 13.5. The van der Waals surface area contributed by atoms with Crippen molar-refractivity contribution in [2.75, 3.05) is 7.05 Å². The first-order valence-corrected chi connectivity index (χ1v) is 8.65. The Balaban J connectivity index is 1.52. The van der Waals surface area contributed by atoms with Crippen molar-refractivity contribution in [1.29, 1.82) is 0 Å².